The van der Waals surface area contributed by atoms with Crippen molar-refractivity contribution >= 4 is 0 Å². The van der Waals surface area contributed by atoms with Crippen LogP contribution < -0.4 is 5.73 Å². The van der Waals surface area contributed by atoms with Gasteiger partial charge in [0, 0.05) is 6.04 Å². The molecule has 11 heavy (non-hydrogen) atoms. The Kier molecular flexibility index (Phi) is 1.92. The third-order valence-corrected chi connectivity index (χ3v) is 3.85. The van der Waals surface area contributed by atoms with E-state index in [1.54, 1.807) is 0 Å². The molecule has 3 fully saturated rings. The maximum Gasteiger partial charge on any atom is 0.00415 e. The van der Waals surface area contributed by atoms with Gasteiger partial charge >= 0.3 is 0 Å². The van der Waals surface area contributed by atoms with Crippen LogP contribution in [0, 0.1) is 17.8 Å². The maximum absolute atomic E-state index is 5.98. The Bertz CT molecular complexity index is 142. The van der Waals surface area contributed by atoms with E-state index in [0.29, 0.717) is 6.04 Å². The van der Waals surface area contributed by atoms with Crippen LogP contribution in [0.2, 0.25) is 0 Å². The van der Waals surface area contributed by atoms with Gasteiger partial charge in [-0.2, -0.15) is 0 Å². The first-order valence-electron chi connectivity index (χ1n) is 5.03. The topological polar surface area (TPSA) is 26.0 Å². The first kappa shape index (κ1) is 7.60. The second kappa shape index (κ2) is 2.78. The lowest BCUT2D eigenvalue weighted by atomic mass is 9.60. The predicted molar refractivity (Wildman–Crippen MR) is 47.2 cm³/mol. The van der Waals surface area contributed by atoms with Crippen LogP contribution >= 0.6 is 0 Å². The van der Waals surface area contributed by atoms with Crippen molar-refractivity contribution in [3.63, 3.8) is 0 Å². The van der Waals surface area contributed by atoms with Crippen LogP contribution in [0.3, 0.4) is 0 Å². The minimum atomic E-state index is 0.517. The monoisotopic (exact) mass is 153 g/mol. The summed E-state index contributed by atoms with van der Waals surface area (Å²) >= 11 is 0. The molecule has 0 saturated heterocycles. The molecule has 2 N–H and O–H groups in total. The van der Waals surface area contributed by atoms with Crippen LogP contribution in [0.5, 0.6) is 0 Å². The Balaban J connectivity index is 1.95. The zero-order valence-electron chi connectivity index (χ0n) is 7.42. The SMILES string of the molecule is CC1C2CCC[C@@H](N)C[C@H]1C2. The number of hydrogen-bond acceptors (Lipinski definition) is 1. The molecule has 3 rings (SSSR count). The summed E-state index contributed by atoms with van der Waals surface area (Å²) in [6.45, 7) is 2.41. The largest absolute Gasteiger partial charge is 0.328 e. The number of hydrogen-bond donors (Lipinski definition) is 1. The molecule has 4 atom stereocenters. The molecular formula is C10H19N. The van der Waals surface area contributed by atoms with Crippen LogP contribution in [0.1, 0.15) is 39.0 Å². The van der Waals surface area contributed by atoms with E-state index in [1.807, 2.05) is 0 Å². The molecule has 0 heterocycles. The van der Waals surface area contributed by atoms with Gasteiger partial charge in [-0.3, -0.25) is 0 Å². The van der Waals surface area contributed by atoms with Crippen LogP contribution in [-0.2, 0) is 0 Å². The number of nitrogens with two attached hydrogens (primary N) is 1. The zero-order valence-corrected chi connectivity index (χ0v) is 7.42. The Labute approximate surface area is 69.4 Å². The highest BCUT2D eigenvalue weighted by Crippen LogP contribution is 2.47. The summed E-state index contributed by atoms with van der Waals surface area (Å²) < 4.78 is 0. The van der Waals surface area contributed by atoms with Crippen molar-refractivity contribution < 1.29 is 0 Å². The zero-order chi connectivity index (χ0) is 7.84. The summed E-state index contributed by atoms with van der Waals surface area (Å²) in [6.07, 6.45) is 6.89. The van der Waals surface area contributed by atoms with Crippen LogP contribution in [0.15, 0.2) is 0 Å². The van der Waals surface area contributed by atoms with Crippen molar-refractivity contribution in [2.24, 2.45) is 23.5 Å². The second-order valence-corrected chi connectivity index (χ2v) is 4.54. The molecule has 1 nitrogen and oxygen atoms in total. The number of rotatable bonds is 0. The standard InChI is InChI=1S/C10H19N/c1-7-8-3-2-4-10(11)6-9(7)5-8/h7-10H,2-6,11H2,1H3/t7?,8?,9-,10-/m1/s1. The minimum Gasteiger partial charge on any atom is -0.328 e. The fraction of sp³-hybridized carbons (Fsp3) is 1.00. The van der Waals surface area contributed by atoms with E-state index in [9.17, 15) is 0 Å². The summed E-state index contributed by atoms with van der Waals surface area (Å²) in [6, 6.07) is 0.517. The molecule has 0 amide bonds. The molecule has 0 aromatic heterocycles. The van der Waals surface area contributed by atoms with E-state index in [4.69, 9.17) is 5.73 Å². The van der Waals surface area contributed by atoms with E-state index >= 15 is 0 Å². The van der Waals surface area contributed by atoms with Crippen molar-refractivity contribution in [3.05, 3.63) is 0 Å². The van der Waals surface area contributed by atoms with Crippen molar-refractivity contribution in [2.45, 2.75) is 45.1 Å². The average molecular weight is 153 g/mol. The fourth-order valence-electron chi connectivity index (χ4n) is 2.85. The maximum atomic E-state index is 5.98. The van der Waals surface area contributed by atoms with Gasteiger partial charge in [0.1, 0.15) is 0 Å². The Morgan fingerprint density at radius 1 is 1.09 bits per heavy atom. The molecule has 64 valence electrons. The van der Waals surface area contributed by atoms with Gasteiger partial charge in [0.25, 0.3) is 0 Å². The van der Waals surface area contributed by atoms with Crippen LogP contribution in [0.25, 0.3) is 0 Å². The Morgan fingerprint density at radius 2 is 1.91 bits per heavy atom. The first-order chi connectivity index (χ1) is 5.27. The van der Waals surface area contributed by atoms with Crippen molar-refractivity contribution in [3.8, 4) is 0 Å². The Morgan fingerprint density at radius 3 is 2.64 bits per heavy atom. The van der Waals surface area contributed by atoms with E-state index in [-0.39, 0.29) is 0 Å². The smallest absolute Gasteiger partial charge is 0.00415 e. The van der Waals surface area contributed by atoms with Crippen LogP contribution in [0.4, 0.5) is 0 Å². The van der Waals surface area contributed by atoms with Gasteiger partial charge in [0.05, 0.1) is 0 Å². The molecule has 3 aliphatic rings. The predicted octanol–water partition coefficient (Wildman–Crippen LogP) is 2.16. The van der Waals surface area contributed by atoms with E-state index in [0.717, 1.165) is 17.8 Å². The highest BCUT2D eigenvalue weighted by molar-refractivity contribution is 4.90. The highest BCUT2D eigenvalue weighted by atomic mass is 14.6. The van der Waals surface area contributed by atoms with Crippen molar-refractivity contribution in [1.29, 1.82) is 0 Å². The van der Waals surface area contributed by atoms with Gasteiger partial charge in [-0.25, -0.2) is 0 Å². The summed E-state index contributed by atoms with van der Waals surface area (Å²) in [7, 11) is 0. The van der Waals surface area contributed by atoms with Gasteiger partial charge in [0.15, 0.2) is 0 Å². The lowest BCUT2D eigenvalue weighted by Crippen LogP contribution is -2.40. The molecule has 0 radical (unpaired) electrons. The van der Waals surface area contributed by atoms with Gasteiger partial charge < -0.3 is 5.73 Å². The van der Waals surface area contributed by atoms with Gasteiger partial charge in [0.2, 0.25) is 0 Å². The molecule has 0 spiro atoms. The fourth-order valence-corrected chi connectivity index (χ4v) is 2.85. The van der Waals surface area contributed by atoms with Crippen molar-refractivity contribution in [1.82, 2.24) is 0 Å². The van der Waals surface area contributed by atoms with E-state index in [1.165, 1.54) is 32.1 Å². The molecule has 1 heteroatoms. The third kappa shape index (κ3) is 1.31. The molecule has 0 aromatic rings. The van der Waals surface area contributed by atoms with Gasteiger partial charge in [-0.05, 0) is 37.0 Å². The van der Waals surface area contributed by atoms with Gasteiger partial charge in [-0.15, -0.1) is 0 Å². The quantitative estimate of drug-likeness (QED) is 0.567. The normalized spacial score (nSPS) is 50.7. The molecular weight excluding hydrogens is 134 g/mol. The molecule has 0 aromatic carbocycles. The minimum absolute atomic E-state index is 0.517. The summed E-state index contributed by atoms with van der Waals surface area (Å²) in [5.74, 6) is 3.03. The third-order valence-electron chi connectivity index (χ3n) is 3.85. The van der Waals surface area contributed by atoms with E-state index in [2.05, 4.69) is 6.92 Å². The Hall–Kier alpha value is -0.0400. The lowest BCUT2D eigenvalue weighted by molar-refractivity contribution is 0.0506. The summed E-state index contributed by atoms with van der Waals surface area (Å²) in [5, 5.41) is 0. The highest BCUT2D eigenvalue weighted by Gasteiger charge is 2.38. The first-order valence-corrected chi connectivity index (χ1v) is 5.03. The molecule has 3 aliphatic carbocycles. The molecule has 2 unspecified atom stereocenters. The summed E-state index contributed by atoms with van der Waals surface area (Å²) in [5.41, 5.74) is 5.98. The number of fused-ring (bicyclic) bond motifs is 4. The van der Waals surface area contributed by atoms with Gasteiger partial charge in [-0.1, -0.05) is 19.8 Å². The lowest BCUT2D eigenvalue weighted by Gasteiger charge is -2.46. The second-order valence-electron chi connectivity index (χ2n) is 4.54. The van der Waals surface area contributed by atoms with Crippen molar-refractivity contribution in [2.75, 3.05) is 0 Å². The molecule has 0 aliphatic heterocycles. The van der Waals surface area contributed by atoms with Crippen LogP contribution in [-0.4, -0.2) is 6.04 Å². The molecule has 2 bridgehead atoms. The molecule has 3 saturated carbocycles. The average Bonchev–Trinajstić information content (AvgIpc) is 1.95. The summed E-state index contributed by atoms with van der Waals surface area (Å²) in [4.78, 5) is 0. The van der Waals surface area contributed by atoms with E-state index < -0.39 is 0 Å².